The fourth-order valence-corrected chi connectivity index (χ4v) is 2.71. The van der Waals surface area contributed by atoms with Gasteiger partial charge in [0.2, 0.25) is 0 Å². The Morgan fingerprint density at radius 2 is 1.32 bits per heavy atom. The van der Waals surface area contributed by atoms with Crippen molar-refractivity contribution < 1.29 is 19.1 Å². The number of benzene rings is 2. The van der Waals surface area contributed by atoms with Crippen LogP contribution in [-0.4, -0.2) is 25.2 Å². The van der Waals surface area contributed by atoms with Crippen LogP contribution in [0, 0.1) is 5.41 Å². The molecule has 0 aliphatic carbocycles. The molecular weight excluding hydrogens is 352 g/mol. The molecule has 0 atom stereocenters. The number of hydrogen-bond donors (Lipinski definition) is 0. The summed E-state index contributed by atoms with van der Waals surface area (Å²) in [5, 5.41) is 0. The fraction of sp³-hybridized carbons (Fsp3) is 0.208. The highest BCUT2D eigenvalue weighted by molar-refractivity contribution is 5.89. The van der Waals surface area contributed by atoms with Crippen LogP contribution >= 0.6 is 0 Å². The first-order valence-electron chi connectivity index (χ1n) is 9.00. The molecule has 2 rings (SSSR count). The number of carbonyl (C=O) groups is 2. The molecule has 0 saturated heterocycles. The van der Waals surface area contributed by atoms with Gasteiger partial charge in [0.25, 0.3) is 0 Å². The quantitative estimate of drug-likeness (QED) is 0.333. The van der Waals surface area contributed by atoms with Gasteiger partial charge in [0.05, 0.1) is 11.1 Å². The Morgan fingerprint density at radius 3 is 1.71 bits per heavy atom. The predicted molar refractivity (Wildman–Crippen MR) is 109 cm³/mol. The molecule has 28 heavy (non-hydrogen) atoms. The van der Waals surface area contributed by atoms with Crippen LogP contribution < -0.4 is 0 Å². The van der Waals surface area contributed by atoms with Gasteiger partial charge in [-0.05, 0) is 43.2 Å². The van der Waals surface area contributed by atoms with Crippen molar-refractivity contribution >= 4 is 11.9 Å². The van der Waals surface area contributed by atoms with Gasteiger partial charge in [-0.1, -0.05) is 49.1 Å². The van der Waals surface area contributed by atoms with Gasteiger partial charge in [0, 0.05) is 5.41 Å². The van der Waals surface area contributed by atoms with Crippen molar-refractivity contribution in [3.63, 3.8) is 0 Å². The second kappa shape index (κ2) is 10.7. The highest BCUT2D eigenvalue weighted by Gasteiger charge is 2.32. The van der Waals surface area contributed by atoms with Gasteiger partial charge in [-0.3, -0.25) is 0 Å². The van der Waals surface area contributed by atoms with Crippen molar-refractivity contribution in [2.75, 3.05) is 13.2 Å². The number of allylic oxidation sites excluding steroid dienone is 2. The Labute approximate surface area is 165 Å². The van der Waals surface area contributed by atoms with Crippen molar-refractivity contribution in [3.8, 4) is 0 Å². The Kier molecular flexibility index (Phi) is 8.01. The zero-order valence-electron chi connectivity index (χ0n) is 15.8. The maximum Gasteiger partial charge on any atom is 0.338 e. The van der Waals surface area contributed by atoms with Crippen LogP contribution in [0.4, 0.5) is 0 Å². The standard InChI is InChI=1S/C24H24O4/c1-3-5-17-24(16-4-2,18-27-22(25)20-12-8-6-9-13-20)19-28-23(26)21-14-10-7-11-15-21/h4-15H,1-2,16-19H2. The lowest BCUT2D eigenvalue weighted by Gasteiger charge is -2.30. The maximum absolute atomic E-state index is 12.3. The van der Waals surface area contributed by atoms with Gasteiger partial charge in [-0.25, -0.2) is 9.59 Å². The van der Waals surface area contributed by atoms with Crippen molar-refractivity contribution in [2.24, 2.45) is 5.41 Å². The monoisotopic (exact) mass is 376 g/mol. The highest BCUT2D eigenvalue weighted by atomic mass is 16.5. The van der Waals surface area contributed by atoms with E-state index in [2.05, 4.69) is 18.9 Å². The largest absolute Gasteiger partial charge is 0.461 e. The smallest absolute Gasteiger partial charge is 0.338 e. The molecule has 0 saturated carbocycles. The van der Waals surface area contributed by atoms with Crippen LogP contribution in [0.5, 0.6) is 0 Å². The lowest BCUT2D eigenvalue weighted by atomic mass is 9.82. The number of rotatable bonds is 10. The summed E-state index contributed by atoms with van der Waals surface area (Å²) in [4.78, 5) is 24.7. The van der Waals surface area contributed by atoms with E-state index in [0.717, 1.165) is 0 Å². The second-order valence-electron chi connectivity index (χ2n) is 6.49. The summed E-state index contributed by atoms with van der Waals surface area (Å²) in [5.74, 6) is -0.850. The van der Waals surface area contributed by atoms with Crippen molar-refractivity contribution in [2.45, 2.75) is 12.8 Å². The summed E-state index contributed by atoms with van der Waals surface area (Å²) in [5.41, 5.74) is 3.03. The first-order chi connectivity index (χ1) is 13.6. The SMILES string of the molecule is C=C=CCC(CC=C)(COC(=O)c1ccccc1)COC(=O)c1ccccc1. The van der Waals surface area contributed by atoms with E-state index < -0.39 is 17.4 Å². The van der Waals surface area contributed by atoms with Crippen LogP contribution in [-0.2, 0) is 9.47 Å². The average molecular weight is 376 g/mol. The van der Waals surface area contributed by atoms with Gasteiger partial charge in [0.15, 0.2) is 0 Å². The molecule has 144 valence electrons. The van der Waals surface area contributed by atoms with E-state index >= 15 is 0 Å². The van der Waals surface area contributed by atoms with Crippen LogP contribution in [0.1, 0.15) is 33.6 Å². The minimum atomic E-state index is -0.638. The molecule has 0 unspecified atom stereocenters. The maximum atomic E-state index is 12.3. The molecule has 0 amide bonds. The molecule has 0 spiro atoms. The molecule has 0 bridgehead atoms. The van der Waals surface area contributed by atoms with Crippen molar-refractivity contribution in [1.29, 1.82) is 0 Å². The lowest BCUT2D eigenvalue weighted by Crippen LogP contribution is -2.34. The zero-order valence-corrected chi connectivity index (χ0v) is 15.8. The Morgan fingerprint density at radius 1 is 0.857 bits per heavy atom. The molecule has 0 fully saturated rings. The first kappa shape index (κ1) is 20.9. The van der Waals surface area contributed by atoms with Gasteiger partial charge >= 0.3 is 11.9 Å². The lowest BCUT2D eigenvalue weighted by molar-refractivity contribution is -0.00383. The van der Waals surface area contributed by atoms with E-state index in [1.165, 1.54) is 0 Å². The summed E-state index contributed by atoms with van der Waals surface area (Å²) in [6, 6.07) is 17.5. The molecule has 2 aromatic rings. The van der Waals surface area contributed by atoms with Crippen molar-refractivity contribution in [1.82, 2.24) is 0 Å². The van der Waals surface area contributed by atoms with Gasteiger partial charge in [-0.15, -0.1) is 12.3 Å². The van der Waals surface area contributed by atoms with Crippen molar-refractivity contribution in [3.05, 3.63) is 103 Å². The second-order valence-corrected chi connectivity index (χ2v) is 6.49. The molecule has 0 aliphatic rings. The average Bonchev–Trinajstić information content (AvgIpc) is 2.75. The third-order valence-corrected chi connectivity index (χ3v) is 4.29. The molecular formula is C24H24O4. The molecule has 0 radical (unpaired) electrons. The van der Waals surface area contributed by atoms with E-state index in [9.17, 15) is 9.59 Å². The summed E-state index contributed by atoms with van der Waals surface area (Å²) in [6.07, 6.45) is 4.45. The molecule has 2 aromatic carbocycles. The van der Waals surface area contributed by atoms with E-state index in [1.54, 1.807) is 60.7 Å². The van der Waals surface area contributed by atoms with Gasteiger partial charge in [-0.2, -0.15) is 0 Å². The number of carbonyl (C=O) groups excluding carboxylic acids is 2. The van der Waals surface area contributed by atoms with E-state index in [-0.39, 0.29) is 13.2 Å². The van der Waals surface area contributed by atoms with E-state index in [0.29, 0.717) is 24.0 Å². The molecule has 4 nitrogen and oxygen atoms in total. The zero-order chi connectivity index (χ0) is 20.2. The molecule has 0 aromatic heterocycles. The number of ether oxygens (including phenoxy) is 2. The first-order valence-corrected chi connectivity index (χ1v) is 9.00. The van der Waals surface area contributed by atoms with Gasteiger partial charge < -0.3 is 9.47 Å². The Bertz CT molecular complexity index is 778. The minimum Gasteiger partial charge on any atom is -0.461 e. The molecule has 4 heteroatoms. The molecule has 0 aliphatic heterocycles. The van der Waals surface area contributed by atoms with Crippen LogP contribution in [0.15, 0.2) is 91.7 Å². The Balaban J connectivity index is 2.11. The normalized spacial score (nSPS) is 10.4. The van der Waals surface area contributed by atoms with Gasteiger partial charge in [0.1, 0.15) is 13.2 Å². The fourth-order valence-electron chi connectivity index (χ4n) is 2.71. The summed E-state index contributed by atoms with van der Waals surface area (Å²) < 4.78 is 11.1. The number of hydrogen-bond acceptors (Lipinski definition) is 4. The third kappa shape index (κ3) is 6.11. The summed E-state index contributed by atoms with van der Waals surface area (Å²) >= 11 is 0. The number of esters is 2. The van der Waals surface area contributed by atoms with E-state index in [1.807, 2.05) is 12.1 Å². The summed E-state index contributed by atoms with van der Waals surface area (Å²) in [7, 11) is 0. The van der Waals surface area contributed by atoms with Crippen LogP contribution in [0.25, 0.3) is 0 Å². The highest BCUT2D eigenvalue weighted by Crippen LogP contribution is 2.30. The molecule has 0 heterocycles. The predicted octanol–water partition coefficient (Wildman–Crippen LogP) is 4.99. The topological polar surface area (TPSA) is 52.6 Å². The summed E-state index contributed by atoms with van der Waals surface area (Å²) in [6.45, 7) is 7.53. The Hall–Kier alpha value is -3.36. The molecule has 0 N–H and O–H groups in total. The van der Waals surface area contributed by atoms with Crippen LogP contribution in [0.3, 0.4) is 0 Å². The minimum absolute atomic E-state index is 0.0764. The van der Waals surface area contributed by atoms with Crippen LogP contribution in [0.2, 0.25) is 0 Å². The van der Waals surface area contributed by atoms with E-state index in [4.69, 9.17) is 9.47 Å². The third-order valence-electron chi connectivity index (χ3n) is 4.29.